The smallest absolute Gasteiger partial charge is 0.196 e. The number of benzene rings is 1. The van der Waals surface area contributed by atoms with Gasteiger partial charge in [-0.3, -0.25) is 4.99 Å². The molecule has 0 bridgehead atoms. The zero-order chi connectivity index (χ0) is 13.4. The number of halogens is 1. The molecule has 1 aromatic rings. The molecule has 0 amide bonds. The lowest BCUT2D eigenvalue weighted by atomic mass is 10.1. The first-order valence-electron chi connectivity index (χ1n) is 6.65. The first-order chi connectivity index (χ1) is 9.15. The van der Waals surface area contributed by atoms with E-state index in [1.165, 1.54) is 0 Å². The van der Waals surface area contributed by atoms with Gasteiger partial charge in [0.05, 0.1) is 24.8 Å². The first kappa shape index (κ1) is 12.8. The molecule has 0 spiro atoms. The van der Waals surface area contributed by atoms with E-state index in [0.717, 1.165) is 18.5 Å². The molecular formula is C14H18ClN3O. The van der Waals surface area contributed by atoms with Crippen LogP contribution >= 0.6 is 11.6 Å². The zero-order valence-electron chi connectivity index (χ0n) is 10.9. The van der Waals surface area contributed by atoms with Crippen molar-refractivity contribution in [1.29, 1.82) is 0 Å². The Morgan fingerprint density at radius 1 is 1.42 bits per heavy atom. The van der Waals surface area contributed by atoms with Gasteiger partial charge in [-0.25, -0.2) is 0 Å². The fourth-order valence-corrected chi connectivity index (χ4v) is 3.05. The number of nitrogens with zero attached hydrogens (tertiary/aromatic N) is 2. The Balaban J connectivity index is 1.86. The van der Waals surface area contributed by atoms with Gasteiger partial charge in [-0.2, -0.15) is 0 Å². The van der Waals surface area contributed by atoms with Gasteiger partial charge in [0.15, 0.2) is 5.96 Å². The summed E-state index contributed by atoms with van der Waals surface area (Å²) in [4.78, 5) is 6.42. The topological polar surface area (TPSA) is 50.8 Å². The monoisotopic (exact) mass is 279 g/mol. The fraction of sp³-hybridized carbons (Fsp3) is 0.500. The maximum atomic E-state index is 6.06. The highest BCUT2D eigenvalue weighted by atomic mass is 35.5. The molecule has 3 rings (SSSR count). The normalized spacial score (nSPS) is 30.7. The van der Waals surface area contributed by atoms with Crippen LogP contribution in [0.5, 0.6) is 0 Å². The van der Waals surface area contributed by atoms with E-state index < -0.39 is 0 Å². The molecule has 5 heteroatoms. The lowest BCUT2D eigenvalue weighted by molar-refractivity contribution is 0.0440. The van der Waals surface area contributed by atoms with Crippen LogP contribution in [0.25, 0.3) is 0 Å². The molecular weight excluding hydrogens is 262 g/mol. The van der Waals surface area contributed by atoms with E-state index in [1.807, 2.05) is 24.3 Å². The number of aliphatic imine (C=N–C) groups is 1. The molecule has 0 aliphatic carbocycles. The van der Waals surface area contributed by atoms with Crippen molar-refractivity contribution in [3.8, 4) is 0 Å². The molecule has 0 aromatic heterocycles. The Hall–Kier alpha value is -1.26. The van der Waals surface area contributed by atoms with Crippen molar-refractivity contribution in [2.75, 3.05) is 11.4 Å². The Morgan fingerprint density at radius 2 is 2.26 bits per heavy atom. The van der Waals surface area contributed by atoms with Crippen molar-refractivity contribution in [2.24, 2.45) is 10.7 Å². The summed E-state index contributed by atoms with van der Waals surface area (Å²) >= 11 is 6.06. The molecule has 2 N–H and O–H groups in total. The molecule has 2 aliphatic heterocycles. The molecule has 0 saturated carbocycles. The van der Waals surface area contributed by atoms with Crippen LogP contribution < -0.4 is 10.6 Å². The molecule has 0 radical (unpaired) electrons. The molecule has 1 saturated heterocycles. The minimum absolute atomic E-state index is 0.184. The Kier molecular flexibility index (Phi) is 3.37. The van der Waals surface area contributed by atoms with E-state index >= 15 is 0 Å². The summed E-state index contributed by atoms with van der Waals surface area (Å²) in [6, 6.07) is 7.89. The number of rotatable bonds is 2. The number of ether oxygens (including phenoxy) is 1. The third kappa shape index (κ3) is 2.42. The Bertz CT molecular complexity index is 505. The second-order valence-corrected chi connectivity index (χ2v) is 5.62. The lowest BCUT2D eigenvalue weighted by Gasteiger charge is -2.30. The highest BCUT2D eigenvalue weighted by molar-refractivity contribution is 6.30. The average Bonchev–Trinajstić information content (AvgIpc) is 2.95. The van der Waals surface area contributed by atoms with E-state index in [9.17, 15) is 0 Å². The third-order valence-corrected chi connectivity index (χ3v) is 4.03. The van der Waals surface area contributed by atoms with E-state index in [0.29, 0.717) is 23.6 Å². The second-order valence-electron chi connectivity index (χ2n) is 5.18. The van der Waals surface area contributed by atoms with Gasteiger partial charge >= 0.3 is 0 Å². The van der Waals surface area contributed by atoms with Gasteiger partial charge in [0.25, 0.3) is 0 Å². The van der Waals surface area contributed by atoms with Gasteiger partial charge < -0.3 is 15.4 Å². The van der Waals surface area contributed by atoms with Crippen LogP contribution in [0.3, 0.4) is 0 Å². The molecule has 102 valence electrons. The minimum atomic E-state index is 0.184. The summed E-state index contributed by atoms with van der Waals surface area (Å²) in [5.74, 6) is 0.551. The molecule has 1 aromatic carbocycles. The molecule has 3 unspecified atom stereocenters. The van der Waals surface area contributed by atoms with Crippen LogP contribution in [-0.4, -0.2) is 30.8 Å². The molecule has 3 atom stereocenters. The largest absolute Gasteiger partial charge is 0.373 e. The zero-order valence-corrected chi connectivity index (χ0v) is 11.7. The van der Waals surface area contributed by atoms with Gasteiger partial charge in [-0.05, 0) is 38.0 Å². The van der Waals surface area contributed by atoms with Gasteiger partial charge in [0, 0.05) is 10.7 Å². The summed E-state index contributed by atoms with van der Waals surface area (Å²) in [6.07, 6.45) is 2.68. The second kappa shape index (κ2) is 5.02. The maximum absolute atomic E-state index is 6.06. The van der Waals surface area contributed by atoms with Crippen LogP contribution in [0.4, 0.5) is 5.69 Å². The van der Waals surface area contributed by atoms with Crippen LogP contribution in [0, 0.1) is 0 Å². The summed E-state index contributed by atoms with van der Waals surface area (Å²) < 4.78 is 5.97. The van der Waals surface area contributed by atoms with Crippen molar-refractivity contribution < 1.29 is 4.74 Å². The van der Waals surface area contributed by atoms with Crippen LogP contribution in [0.15, 0.2) is 29.3 Å². The standard InChI is InChI=1S/C14H18ClN3O/c1-9-5-6-13(19-9)12-8-17-14(16)18(12)11-4-2-3-10(15)7-11/h2-4,7,9,12-13H,5-6,8H2,1H3,(H2,16,17). The van der Waals surface area contributed by atoms with Crippen LogP contribution in [0.1, 0.15) is 19.8 Å². The lowest BCUT2D eigenvalue weighted by Crippen LogP contribution is -2.47. The Morgan fingerprint density at radius 3 is 2.95 bits per heavy atom. The minimum Gasteiger partial charge on any atom is -0.373 e. The van der Waals surface area contributed by atoms with Crippen molar-refractivity contribution >= 4 is 23.2 Å². The maximum Gasteiger partial charge on any atom is 0.196 e. The SMILES string of the molecule is CC1CCC(C2CN=C(N)N2c2cccc(Cl)c2)O1. The van der Waals surface area contributed by atoms with Crippen LogP contribution in [0.2, 0.25) is 5.02 Å². The summed E-state index contributed by atoms with van der Waals surface area (Å²) in [5, 5.41) is 0.705. The molecule has 19 heavy (non-hydrogen) atoms. The average molecular weight is 280 g/mol. The van der Waals surface area contributed by atoms with Crippen molar-refractivity contribution in [1.82, 2.24) is 0 Å². The van der Waals surface area contributed by atoms with E-state index in [1.54, 1.807) is 0 Å². The summed E-state index contributed by atoms with van der Waals surface area (Å²) in [5.41, 5.74) is 7.02. The number of nitrogens with two attached hydrogens (primary N) is 1. The van der Waals surface area contributed by atoms with Gasteiger partial charge in [-0.1, -0.05) is 17.7 Å². The summed E-state index contributed by atoms with van der Waals surface area (Å²) in [7, 11) is 0. The molecule has 2 heterocycles. The third-order valence-electron chi connectivity index (χ3n) is 3.80. The number of anilines is 1. The van der Waals surface area contributed by atoms with Gasteiger partial charge in [0.2, 0.25) is 0 Å². The molecule has 4 nitrogen and oxygen atoms in total. The van der Waals surface area contributed by atoms with E-state index in [4.69, 9.17) is 22.1 Å². The van der Waals surface area contributed by atoms with Gasteiger partial charge in [0.1, 0.15) is 0 Å². The van der Waals surface area contributed by atoms with Crippen molar-refractivity contribution in [3.05, 3.63) is 29.3 Å². The predicted octanol–water partition coefficient (Wildman–Crippen LogP) is 2.41. The highest BCUT2D eigenvalue weighted by Gasteiger charge is 2.38. The number of hydrogen-bond acceptors (Lipinski definition) is 4. The quantitative estimate of drug-likeness (QED) is 0.904. The summed E-state index contributed by atoms with van der Waals surface area (Å²) in [6.45, 7) is 2.80. The fourth-order valence-electron chi connectivity index (χ4n) is 2.86. The number of guanidine groups is 1. The Labute approximate surface area is 118 Å². The molecule has 2 aliphatic rings. The van der Waals surface area contributed by atoms with Gasteiger partial charge in [-0.15, -0.1) is 0 Å². The predicted molar refractivity (Wildman–Crippen MR) is 77.8 cm³/mol. The van der Waals surface area contributed by atoms with E-state index in [-0.39, 0.29) is 12.1 Å². The van der Waals surface area contributed by atoms with Crippen LogP contribution in [-0.2, 0) is 4.74 Å². The van der Waals surface area contributed by atoms with Crippen molar-refractivity contribution in [3.63, 3.8) is 0 Å². The number of hydrogen-bond donors (Lipinski definition) is 1. The van der Waals surface area contributed by atoms with Crippen molar-refractivity contribution in [2.45, 2.75) is 38.0 Å². The molecule has 1 fully saturated rings. The highest BCUT2D eigenvalue weighted by Crippen LogP contribution is 2.31. The first-order valence-corrected chi connectivity index (χ1v) is 7.03. The van der Waals surface area contributed by atoms with E-state index in [2.05, 4.69) is 16.8 Å².